The first-order valence-electron chi connectivity index (χ1n) is 13.9. The molecular formula is C28H38N8O2S. The van der Waals surface area contributed by atoms with Gasteiger partial charge >= 0.3 is 0 Å². The van der Waals surface area contributed by atoms with Gasteiger partial charge in [-0.1, -0.05) is 25.2 Å². The summed E-state index contributed by atoms with van der Waals surface area (Å²) < 4.78 is 12.9. The Hall–Kier alpha value is -3.02. The van der Waals surface area contributed by atoms with Crippen molar-refractivity contribution in [1.29, 1.82) is 0 Å². The number of nitrogens with one attached hydrogen (secondary N) is 1. The van der Waals surface area contributed by atoms with Gasteiger partial charge in [0.25, 0.3) is 0 Å². The topological polar surface area (TPSA) is 96.7 Å². The number of aromatic amines is 1. The van der Waals surface area contributed by atoms with E-state index in [1.165, 1.54) is 30.7 Å². The van der Waals surface area contributed by atoms with Crippen LogP contribution in [0, 0.1) is 5.92 Å². The number of hydrogen-bond donors (Lipinski definition) is 1. The van der Waals surface area contributed by atoms with Crippen molar-refractivity contribution < 1.29 is 9.47 Å². The van der Waals surface area contributed by atoms with Gasteiger partial charge in [-0.05, 0) is 44.6 Å². The van der Waals surface area contributed by atoms with Crippen molar-refractivity contribution >= 4 is 22.0 Å². The number of nitrogens with zero attached hydrogens (tertiary/aromatic N) is 7. The second-order valence-electron chi connectivity index (χ2n) is 11.2. The van der Waals surface area contributed by atoms with Gasteiger partial charge in [0.15, 0.2) is 11.4 Å². The Morgan fingerprint density at radius 2 is 1.97 bits per heavy atom. The van der Waals surface area contributed by atoms with E-state index in [-0.39, 0.29) is 5.92 Å². The van der Waals surface area contributed by atoms with Crippen LogP contribution in [0.4, 0.5) is 5.00 Å². The molecule has 0 amide bonds. The summed E-state index contributed by atoms with van der Waals surface area (Å²) >= 11 is 1.73. The maximum atomic E-state index is 5.60. The summed E-state index contributed by atoms with van der Waals surface area (Å²) in [6.45, 7) is 14.2. The summed E-state index contributed by atoms with van der Waals surface area (Å²) in [5.41, 5.74) is 4.64. The predicted octanol–water partition coefficient (Wildman–Crippen LogP) is 4.70. The van der Waals surface area contributed by atoms with E-state index < -0.39 is 0 Å². The van der Waals surface area contributed by atoms with Crippen LogP contribution in [0.2, 0.25) is 0 Å². The number of piperazine rings is 1. The van der Waals surface area contributed by atoms with E-state index in [1.807, 2.05) is 18.5 Å². The molecule has 0 aliphatic carbocycles. The molecule has 6 heterocycles. The summed E-state index contributed by atoms with van der Waals surface area (Å²) in [6.07, 6.45) is 7.89. The second kappa shape index (κ2) is 10.9. The highest BCUT2D eigenvalue weighted by Gasteiger charge is 2.32. The number of methoxy groups -OCH3 is 1. The molecule has 6 rings (SSSR count). The number of pyridine rings is 1. The fourth-order valence-electron chi connectivity index (χ4n) is 6.01. The third-order valence-electron chi connectivity index (χ3n) is 8.16. The van der Waals surface area contributed by atoms with Crippen molar-refractivity contribution in [1.82, 2.24) is 34.7 Å². The normalized spacial score (nSPS) is 21.3. The summed E-state index contributed by atoms with van der Waals surface area (Å²) in [6, 6.07) is 2.92. The average molecular weight is 551 g/mol. The summed E-state index contributed by atoms with van der Waals surface area (Å²) in [5.74, 6) is 1.67. The summed E-state index contributed by atoms with van der Waals surface area (Å²) in [4.78, 5) is 14.4. The van der Waals surface area contributed by atoms with Crippen LogP contribution in [0.15, 0.2) is 24.8 Å². The monoisotopic (exact) mass is 550 g/mol. The van der Waals surface area contributed by atoms with Crippen LogP contribution in [0.3, 0.4) is 0 Å². The predicted molar refractivity (Wildman–Crippen MR) is 154 cm³/mol. The molecule has 39 heavy (non-hydrogen) atoms. The number of H-pyrrole nitrogens is 1. The van der Waals surface area contributed by atoms with Gasteiger partial charge in [-0.3, -0.25) is 10.00 Å². The Morgan fingerprint density at radius 3 is 2.74 bits per heavy atom. The zero-order valence-electron chi connectivity index (χ0n) is 23.4. The number of anilines is 1. The van der Waals surface area contributed by atoms with Crippen LogP contribution in [0.1, 0.15) is 52.0 Å². The summed E-state index contributed by atoms with van der Waals surface area (Å²) in [7, 11) is 1.65. The van der Waals surface area contributed by atoms with Gasteiger partial charge in [0.1, 0.15) is 22.0 Å². The first-order chi connectivity index (χ1) is 18.9. The molecule has 2 aliphatic rings. The largest absolute Gasteiger partial charge is 0.493 e. The van der Waals surface area contributed by atoms with Crippen molar-refractivity contribution in [2.45, 2.75) is 58.5 Å². The van der Waals surface area contributed by atoms with Crippen molar-refractivity contribution in [3.63, 3.8) is 0 Å². The van der Waals surface area contributed by atoms with Crippen LogP contribution in [-0.2, 0) is 4.74 Å². The van der Waals surface area contributed by atoms with Crippen LogP contribution < -0.4 is 9.64 Å². The highest BCUT2D eigenvalue weighted by atomic mass is 32.1. The lowest BCUT2D eigenvalue weighted by Gasteiger charge is -2.46. The third kappa shape index (κ3) is 5.03. The van der Waals surface area contributed by atoms with E-state index in [2.05, 4.69) is 52.7 Å². The van der Waals surface area contributed by atoms with E-state index in [0.29, 0.717) is 23.5 Å². The first-order valence-corrected chi connectivity index (χ1v) is 14.7. The maximum absolute atomic E-state index is 5.60. The molecule has 0 saturated carbocycles. The molecule has 0 aromatic carbocycles. The molecule has 4 aromatic rings. The standard InChI is InChI=1S/C28H38N8O2S/c1-17(2)24-25(21-10-22(37-5)27-30-16-31-36(27)15-21)32-33-26(24)28-29-11-23(39-28)35-13-18(3)34(12-19(35)4)14-20-6-8-38-9-7-20/h10-11,15-20H,6-9,12-14H2,1-5H3,(H,32,33)/t18-,19+/m0/s1. The number of ether oxygens (including phenoxy) is 2. The lowest BCUT2D eigenvalue weighted by molar-refractivity contribution is 0.0419. The molecule has 2 fully saturated rings. The van der Waals surface area contributed by atoms with E-state index in [1.54, 1.807) is 23.0 Å². The number of aromatic nitrogens is 6. The molecule has 0 radical (unpaired) electrons. The number of fused-ring (bicyclic) bond motifs is 1. The number of thiazole rings is 1. The molecule has 4 aromatic heterocycles. The van der Waals surface area contributed by atoms with E-state index in [4.69, 9.17) is 19.6 Å². The molecule has 0 bridgehead atoms. The Balaban J connectivity index is 1.25. The SMILES string of the molecule is COc1cc(-c2[nH]nc(-c3ncc(N4C[C@H](C)N(CC5CCOCC5)C[C@H]4C)s3)c2C(C)C)cn2ncnc12. The van der Waals surface area contributed by atoms with Crippen LogP contribution in [0.5, 0.6) is 5.75 Å². The zero-order valence-corrected chi connectivity index (χ0v) is 24.2. The zero-order chi connectivity index (χ0) is 27.1. The summed E-state index contributed by atoms with van der Waals surface area (Å²) in [5, 5.41) is 14.5. The molecule has 2 saturated heterocycles. The molecule has 2 aliphatic heterocycles. The highest BCUT2D eigenvalue weighted by molar-refractivity contribution is 7.18. The van der Waals surface area contributed by atoms with Gasteiger partial charge in [-0.25, -0.2) is 14.5 Å². The van der Waals surface area contributed by atoms with Gasteiger partial charge < -0.3 is 14.4 Å². The van der Waals surface area contributed by atoms with Crippen LogP contribution in [-0.4, -0.2) is 86.7 Å². The van der Waals surface area contributed by atoms with E-state index in [9.17, 15) is 0 Å². The smallest absolute Gasteiger partial charge is 0.197 e. The molecular weight excluding hydrogens is 512 g/mol. The van der Waals surface area contributed by atoms with Gasteiger partial charge in [0.05, 0.1) is 19.0 Å². The molecule has 11 heteroatoms. The number of hydrogen-bond acceptors (Lipinski definition) is 9. The van der Waals surface area contributed by atoms with Gasteiger partial charge in [0, 0.05) is 62.3 Å². The fourth-order valence-corrected chi connectivity index (χ4v) is 7.04. The molecule has 1 N–H and O–H groups in total. The number of rotatable bonds is 7. The molecule has 2 atom stereocenters. The minimum Gasteiger partial charge on any atom is -0.493 e. The quantitative estimate of drug-likeness (QED) is 0.354. The Bertz CT molecular complexity index is 1420. The van der Waals surface area contributed by atoms with Crippen LogP contribution >= 0.6 is 11.3 Å². The van der Waals surface area contributed by atoms with Crippen molar-refractivity contribution in [3.8, 4) is 27.7 Å². The fraction of sp³-hybridized carbons (Fsp3) is 0.571. The lowest BCUT2D eigenvalue weighted by Crippen LogP contribution is -2.57. The van der Waals surface area contributed by atoms with Gasteiger partial charge in [0.2, 0.25) is 0 Å². The highest BCUT2D eigenvalue weighted by Crippen LogP contribution is 2.40. The van der Waals surface area contributed by atoms with Crippen molar-refractivity contribution in [3.05, 3.63) is 30.4 Å². The Morgan fingerprint density at radius 1 is 1.15 bits per heavy atom. The molecule has 208 valence electrons. The van der Waals surface area contributed by atoms with Crippen molar-refractivity contribution in [2.24, 2.45) is 5.92 Å². The average Bonchev–Trinajstić information content (AvgIpc) is 3.69. The van der Waals surface area contributed by atoms with E-state index in [0.717, 1.165) is 59.7 Å². The van der Waals surface area contributed by atoms with E-state index >= 15 is 0 Å². The molecule has 10 nitrogen and oxygen atoms in total. The Labute approximate surface area is 233 Å². The first kappa shape index (κ1) is 26.2. The van der Waals surface area contributed by atoms with Crippen LogP contribution in [0.25, 0.3) is 27.6 Å². The van der Waals surface area contributed by atoms with Gasteiger partial charge in [-0.2, -0.15) is 10.2 Å². The van der Waals surface area contributed by atoms with Gasteiger partial charge in [-0.15, -0.1) is 0 Å². The minimum absolute atomic E-state index is 0.242. The minimum atomic E-state index is 0.242. The van der Waals surface area contributed by atoms with Crippen molar-refractivity contribution in [2.75, 3.05) is 44.9 Å². The lowest BCUT2D eigenvalue weighted by atomic mass is 9.97. The third-order valence-corrected chi connectivity index (χ3v) is 9.20. The Kier molecular flexibility index (Phi) is 7.30. The molecule has 0 spiro atoms. The maximum Gasteiger partial charge on any atom is 0.197 e. The molecule has 0 unspecified atom stereocenters. The second-order valence-corrected chi connectivity index (χ2v) is 12.2.